The van der Waals surface area contributed by atoms with Gasteiger partial charge in [0.2, 0.25) is 0 Å². The lowest BCUT2D eigenvalue weighted by Crippen LogP contribution is -1.92. The van der Waals surface area contributed by atoms with Crippen LogP contribution < -0.4 is 9.47 Å². The first-order valence-corrected chi connectivity index (χ1v) is 8.29. The van der Waals surface area contributed by atoms with Crippen LogP contribution in [0, 0.1) is 0 Å². The number of hydrogen-bond donors (Lipinski definition) is 2. The molecular formula is C19H18O4S. The molecule has 1 heterocycles. The van der Waals surface area contributed by atoms with Crippen LogP contribution in [-0.2, 0) is 6.42 Å². The number of methoxy groups -OCH3 is 2. The maximum absolute atomic E-state index is 9.65. The number of hydrogen-bond acceptors (Lipinski definition) is 5. The average molecular weight is 342 g/mol. The molecule has 0 radical (unpaired) electrons. The Kier molecular flexibility index (Phi) is 4.62. The van der Waals surface area contributed by atoms with Crippen molar-refractivity contribution in [3.05, 3.63) is 58.3 Å². The predicted octanol–water partition coefficient (Wildman–Crippen LogP) is 4.43. The van der Waals surface area contributed by atoms with Gasteiger partial charge in [0, 0.05) is 17.4 Å². The van der Waals surface area contributed by atoms with E-state index in [2.05, 4.69) is 6.07 Å². The largest absolute Gasteiger partial charge is 0.508 e. The molecular weight excluding hydrogens is 324 g/mol. The van der Waals surface area contributed by atoms with E-state index in [-0.39, 0.29) is 11.5 Å². The Morgan fingerprint density at radius 2 is 1.58 bits per heavy atom. The fourth-order valence-electron chi connectivity index (χ4n) is 2.68. The van der Waals surface area contributed by atoms with Gasteiger partial charge in [0.25, 0.3) is 0 Å². The summed E-state index contributed by atoms with van der Waals surface area (Å²) in [5.74, 6) is 1.50. The molecule has 4 nitrogen and oxygen atoms in total. The van der Waals surface area contributed by atoms with Crippen molar-refractivity contribution in [2.45, 2.75) is 6.42 Å². The van der Waals surface area contributed by atoms with Crippen LogP contribution >= 0.6 is 11.3 Å². The summed E-state index contributed by atoms with van der Waals surface area (Å²) in [6.07, 6.45) is 0.628. The molecule has 0 spiro atoms. The molecule has 0 fully saturated rings. The zero-order valence-electron chi connectivity index (χ0n) is 13.4. The number of rotatable bonds is 5. The first-order valence-electron chi connectivity index (χ1n) is 7.41. The summed E-state index contributed by atoms with van der Waals surface area (Å²) in [6, 6.07) is 12.5. The fraction of sp³-hybridized carbons (Fsp3) is 0.158. The van der Waals surface area contributed by atoms with Crippen LogP contribution in [0.4, 0.5) is 0 Å². The van der Waals surface area contributed by atoms with Gasteiger partial charge in [0.1, 0.15) is 11.5 Å². The monoisotopic (exact) mass is 342 g/mol. The van der Waals surface area contributed by atoms with E-state index in [0.29, 0.717) is 17.9 Å². The maximum Gasteiger partial charge on any atom is 0.161 e. The van der Waals surface area contributed by atoms with E-state index >= 15 is 0 Å². The van der Waals surface area contributed by atoms with Crippen LogP contribution in [0.3, 0.4) is 0 Å². The molecule has 0 bridgehead atoms. The molecule has 5 heteroatoms. The number of ether oxygens (including phenoxy) is 2. The highest BCUT2D eigenvalue weighted by Crippen LogP contribution is 2.36. The molecule has 3 aromatic rings. The number of benzene rings is 2. The number of thiophene rings is 1. The molecule has 2 aromatic carbocycles. The van der Waals surface area contributed by atoms with Crippen molar-refractivity contribution in [2.24, 2.45) is 0 Å². The third-order valence-corrected chi connectivity index (χ3v) is 4.69. The van der Waals surface area contributed by atoms with Crippen molar-refractivity contribution in [1.82, 2.24) is 0 Å². The Balaban J connectivity index is 1.96. The van der Waals surface area contributed by atoms with E-state index in [1.54, 1.807) is 37.7 Å². The van der Waals surface area contributed by atoms with Crippen LogP contribution in [0.15, 0.2) is 47.8 Å². The molecule has 0 aliphatic rings. The molecule has 0 amide bonds. The SMILES string of the molecule is COc1ccc(-c2ccsc2Cc2cc(O)cc(O)c2)cc1OC. The van der Waals surface area contributed by atoms with E-state index in [1.807, 2.05) is 23.6 Å². The minimum absolute atomic E-state index is 0.0641. The molecule has 0 saturated carbocycles. The van der Waals surface area contributed by atoms with Crippen LogP contribution in [-0.4, -0.2) is 24.4 Å². The second-order valence-corrected chi connectivity index (χ2v) is 6.36. The second kappa shape index (κ2) is 6.84. The van der Waals surface area contributed by atoms with Crippen molar-refractivity contribution in [1.29, 1.82) is 0 Å². The first-order chi connectivity index (χ1) is 11.6. The Morgan fingerprint density at radius 1 is 0.875 bits per heavy atom. The smallest absolute Gasteiger partial charge is 0.161 e. The fourth-order valence-corrected chi connectivity index (χ4v) is 3.61. The van der Waals surface area contributed by atoms with Crippen molar-refractivity contribution < 1.29 is 19.7 Å². The molecule has 0 atom stereocenters. The van der Waals surface area contributed by atoms with Crippen molar-refractivity contribution in [2.75, 3.05) is 14.2 Å². The lowest BCUT2D eigenvalue weighted by atomic mass is 10.0. The summed E-state index contributed by atoms with van der Waals surface area (Å²) in [7, 11) is 3.23. The van der Waals surface area contributed by atoms with Crippen molar-refractivity contribution in [3.63, 3.8) is 0 Å². The van der Waals surface area contributed by atoms with Gasteiger partial charge < -0.3 is 19.7 Å². The van der Waals surface area contributed by atoms with Crippen molar-refractivity contribution >= 4 is 11.3 Å². The summed E-state index contributed by atoms with van der Waals surface area (Å²) in [5, 5.41) is 21.3. The van der Waals surface area contributed by atoms with E-state index in [9.17, 15) is 10.2 Å². The third kappa shape index (κ3) is 3.31. The van der Waals surface area contributed by atoms with Gasteiger partial charge in [-0.05, 0) is 52.4 Å². The van der Waals surface area contributed by atoms with E-state index in [1.165, 1.54) is 6.07 Å². The first kappa shape index (κ1) is 16.2. The zero-order chi connectivity index (χ0) is 17.1. The molecule has 124 valence electrons. The highest BCUT2D eigenvalue weighted by molar-refractivity contribution is 7.10. The summed E-state index contributed by atoms with van der Waals surface area (Å²) in [5.41, 5.74) is 2.99. The van der Waals surface area contributed by atoms with Gasteiger partial charge >= 0.3 is 0 Å². The minimum Gasteiger partial charge on any atom is -0.508 e. The summed E-state index contributed by atoms with van der Waals surface area (Å²) < 4.78 is 10.7. The Bertz CT molecular complexity index is 834. The van der Waals surface area contributed by atoms with Gasteiger partial charge in [-0.2, -0.15) is 0 Å². The number of phenols is 2. The minimum atomic E-state index is 0.0641. The summed E-state index contributed by atoms with van der Waals surface area (Å²) >= 11 is 1.64. The Morgan fingerprint density at radius 3 is 2.25 bits per heavy atom. The lowest BCUT2D eigenvalue weighted by Gasteiger charge is -2.10. The highest BCUT2D eigenvalue weighted by Gasteiger charge is 2.12. The van der Waals surface area contributed by atoms with Gasteiger partial charge in [0.05, 0.1) is 14.2 Å². The lowest BCUT2D eigenvalue weighted by molar-refractivity contribution is 0.355. The standard InChI is InChI=1S/C19H18O4S/c1-22-17-4-3-13(10-18(17)23-2)16-5-6-24-19(16)9-12-7-14(20)11-15(21)8-12/h3-8,10-11,20-21H,9H2,1-2H3. The normalized spacial score (nSPS) is 10.6. The van der Waals surface area contributed by atoms with Crippen LogP contribution in [0.5, 0.6) is 23.0 Å². The summed E-state index contributed by atoms with van der Waals surface area (Å²) in [4.78, 5) is 1.15. The molecule has 2 N–H and O–H groups in total. The topological polar surface area (TPSA) is 58.9 Å². The van der Waals surface area contributed by atoms with Crippen molar-refractivity contribution in [3.8, 4) is 34.1 Å². The average Bonchev–Trinajstić information content (AvgIpc) is 3.01. The molecule has 0 saturated heterocycles. The van der Waals surface area contributed by atoms with E-state index in [0.717, 1.165) is 21.6 Å². The van der Waals surface area contributed by atoms with Gasteiger partial charge in [-0.25, -0.2) is 0 Å². The summed E-state index contributed by atoms with van der Waals surface area (Å²) in [6.45, 7) is 0. The van der Waals surface area contributed by atoms with E-state index < -0.39 is 0 Å². The molecule has 0 aliphatic carbocycles. The van der Waals surface area contributed by atoms with Gasteiger partial charge in [-0.15, -0.1) is 11.3 Å². The highest BCUT2D eigenvalue weighted by atomic mass is 32.1. The third-order valence-electron chi connectivity index (χ3n) is 3.77. The quantitative estimate of drug-likeness (QED) is 0.720. The molecule has 24 heavy (non-hydrogen) atoms. The number of aromatic hydroxyl groups is 2. The Labute approximate surface area is 144 Å². The predicted molar refractivity (Wildman–Crippen MR) is 95.4 cm³/mol. The maximum atomic E-state index is 9.65. The molecule has 1 aromatic heterocycles. The molecule has 3 rings (SSSR count). The van der Waals surface area contributed by atoms with Crippen LogP contribution in [0.25, 0.3) is 11.1 Å². The van der Waals surface area contributed by atoms with E-state index in [4.69, 9.17) is 9.47 Å². The van der Waals surface area contributed by atoms with Gasteiger partial charge in [0.15, 0.2) is 11.5 Å². The Hall–Kier alpha value is -2.66. The second-order valence-electron chi connectivity index (χ2n) is 5.36. The molecule has 0 aliphatic heterocycles. The zero-order valence-corrected chi connectivity index (χ0v) is 14.3. The molecule has 0 unspecified atom stereocenters. The van der Waals surface area contributed by atoms with Gasteiger partial charge in [-0.1, -0.05) is 6.07 Å². The van der Waals surface area contributed by atoms with Crippen LogP contribution in [0.1, 0.15) is 10.4 Å². The van der Waals surface area contributed by atoms with Gasteiger partial charge in [-0.3, -0.25) is 0 Å². The number of phenolic OH excluding ortho intramolecular Hbond substituents is 2. The van der Waals surface area contributed by atoms with Crippen LogP contribution in [0.2, 0.25) is 0 Å².